The van der Waals surface area contributed by atoms with Crippen molar-refractivity contribution in [2.75, 3.05) is 25.6 Å². The minimum atomic E-state index is -1.18. The van der Waals surface area contributed by atoms with Gasteiger partial charge in [-0.2, -0.15) is 0 Å². The van der Waals surface area contributed by atoms with Crippen molar-refractivity contribution < 1.29 is 52.5 Å². The molecular weight excluding hydrogens is 819 g/mol. The predicted octanol–water partition coefficient (Wildman–Crippen LogP) is 6.95. The maximum Gasteiger partial charge on any atom is 0.342 e. The Morgan fingerprint density at radius 1 is 0.609 bits per heavy atom. The van der Waals surface area contributed by atoms with Gasteiger partial charge in [-0.15, -0.1) is 0 Å². The number of anilines is 1. The van der Waals surface area contributed by atoms with E-state index < -0.39 is 36.0 Å². The highest BCUT2D eigenvalue weighted by atomic mass is 16.5. The molecular formula is C50H55N3O11. The summed E-state index contributed by atoms with van der Waals surface area (Å²) in [4.78, 5) is 79.2. The summed E-state index contributed by atoms with van der Waals surface area (Å²) in [5.41, 5.74) is 13.8. The predicted molar refractivity (Wildman–Crippen MR) is 243 cm³/mol. The lowest BCUT2D eigenvalue weighted by molar-refractivity contribution is -0.125. The Morgan fingerprint density at radius 2 is 1.11 bits per heavy atom. The van der Waals surface area contributed by atoms with Crippen molar-refractivity contribution in [3.63, 3.8) is 0 Å². The molecule has 0 bridgehead atoms. The topological polar surface area (TPSA) is 213 Å². The summed E-state index contributed by atoms with van der Waals surface area (Å²) in [5, 5.41) is 2.58. The number of hydrogen-bond acceptors (Lipinski definition) is 12. The van der Waals surface area contributed by atoms with E-state index in [2.05, 4.69) is 25.1 Å². The van der Waals surface area contributed by atoms with Gasteiger partial charge in [-0.25, -0.2) is 4.79 Å². The molecule has 14 nitrogen and oxygen atoms in total. The Morgan fingerprint density at radius 3 is 1.62 bits per heavy atom. The second kappa shape index (κ2) is 23.7. The Bertz CT molecular complexity index is 2370. The number of carbonyl (C=O) groups is 6. The van der Waals surface area contributed by atoms with Crippen LogP contribution < -0.4 is 35.7 Å². The van der Waals surface area contributed by atoms with Crippen LogP contribution in [0.4, 0.5) is 5.69 Å². The smallest absolute Gasteiger partial charge is 0.342 e. The summed E-state index contributed by atoms with van der Waals surface area (Å²) < 4.78 is 29.8. The fourth-order valence-corrected chi connectivity index (χ4v) is 6.38. The number of carbonyl (C=O) groups excluding carboxylic acids is 6. The summed E-state index contributed by atoms with van der Waals surface area (Å²) in [6.45, 7) is 18.3. The van der Waals surface area contributed by atoms with Gasteiger partial charge in [-0.1, -0.05) is 74.4 Å². The van der Waals surface area contributed by atoms with E-state index in [0.29, 0.717) is 27.9 Å². The Balaban J connectivity index is 1.62. The van der Waals surface area contributed by atoms with Gasteiger partial charge in [0.1, 0.15) is 25.4 Å². The van der Waals surface area contributed by atoms with Gasteiger partial charge in [0.05, 0.1) is 30.2 Å². The van der Waals surface area contributed by atoms with E-state index in [1.165, 1.54) is 36.4 Å². The van der Waals surface area contributed by atoms with Crippen LogP contribution in [-0.2, 0) is 33.6 Å². The third-order valence-electron chi connectivity index (χ3n) is 9.27. The third-order valence-corrected chi connectivity index (χ3v) is 9.27. The average molecular weight is 874 g/mol. The number of ketones is 3. The number of nitrogens with one attached hydrogen (secondary N) is 1. The van der Waals surface area contributed by atoms with Crippen LogP contribution in [0.25, 0.3) is 0 Å². The van der Waals surface area contributed by atoms with E-state index in [1.807, 2.05) is 0 Å². The van der Waals surface area contributed by atoms with Crippen LogP contribution in [0.3, 0.4) is 0 Å². The minimum Gasteiger partial charge on any atom is -0.487 e. The average Bonchev–Trinajstić information content (AvgIpc) is 3.25. The number of nitrogens with two attached hydrogens (primary N) is 2. The molecule has 64 heavy (non-hydrogen) atoms. The van der Waals surface area contributed by atoms with Crippen molar-refractivity contribution in [1.29, 1.82) is 0 Å². The molecule has 0 aliphatic carbocycles. The molecule has 0 saturated carbocycles. The molecule has 0 aliphatic rings. The third kappa shape index (κ3) is 13.8. The molecule has 0 aromatic heterocycles. The molecule has 336 valence electrons. The summed E-state index contributed by atoms with van der Waals surface area (Å²) in [7, 11) is 0. The van der Waals surface area contributed by atoms with Crippen molar-refractivity contribution in [3.05, 3.63) is 150 Å². The lowest BCUT2D eigenvalue weighted by Crippen LogP contribution is -2.44. The summed E-state index contributed by atoms with van der Waals surface area (Å²) in [5.74, 6) is -2.53. The van der Waals surface area contributed by atoms with Crippen LogP contribution in [0.5, 0.6) is 23.0 Å². The number of amides is 2. The lowest BCUT2D eigenvalue weighted by atomic mass is 9.95. The van der Waals surface area contributed by atoms with Gasteiger partial charge < -0.3 is 40.5 Å². The zero-order chi connectivity index (χ0) is 46.9. The number of Topliss-reactive ketones (excluding diaryl/α,β-unsaturated/α-hetero) is 3. The molecule has 5 N–H and O–H groups in total. The molecule has 0 unspecified atom stereocenters. The van der Waals surface area contributed by atoms with Gasteiger partial charge in [0.2, 0.25) is 5.91 Å². The first kappa shape index (κ1) is 49.2. The second-order valence-electron chi connectivity index (χ2n) is 15.1. The fraction of sp³-hybridized carbons (Fsp3) is 0.280. The van der Waals surface area contributed by atoms with E-state index in [0.717, 1.165) is 0 Å². The summed E-state index contributed by atoms with van der Waals surface area (Å²) in [6.07, 6.45) is 2.82. The first-order valence-corrected chi connectivity index (χ1v) is 20.6. The van der Waals surface area contributed by atoms with Gasteiger partial charge in [-0.05, 0) is 69.7 Å². The molecule has 0 spiro atoms. The fourth-order valence-electron chi connectivity index (χ4n) is 6.38. The van der Waals surface area contributed by atoms with Gasteiger partial charge >= 0.3 is 5.97 Å². The highest BCUT2D eigenvalue weighted by Gasteiger charge is 2.28. The zero-order valence-corrected chi connectivity index (χ0v) is 36.6. The molecule has 0 saturated heterocycles. The van der Waals surface area contributed by atoms with Crippen LogP contribution in [0, 0.1) is 0 Å². The van der Waals surface area contributed by atoms with Gasteiger partial charge in [0.25, 0.3) is 5.91 Å². The molecule has 0 heterocycles. The number of benzene rings is 4. The van der Waals surface area contributed by atoms with Crippen molar-refractivity contribution >= 4 is 40.8 Å². The maximum absolute atomic E-state index is 14.3. The number of rotatable bonds is 26. The van der Waals surface area contributed by atoms with Crippen molar-refractivity contribution in [3.8, 4) is 23.0 Å². The van der Waals surface area contributed by atoms with Crippen molar-refractivity contribution in [1.82, 2.24) is 5.32 Å². The van der Waals surface area contributed by atoms with Gasteiger partial charge in [0, 0.05) is 47.2 Å². The summed E-state index contributed by atoms with van der Waals surface area (Å²) >= 11 is 0. The van der Waals surface area contributed by atoms with Crippen LogP contribution in [-0.4, -0.2) is 73.2 Å². The molecule has 4 rings (SSSR count). The standard InChI is InChI=1S/C50H55N3O11/c1-8-23-60-47-38(42(55)28-36-18-22-39(50(59)62-25-10-3)48(61-24-9-2)46(36)64-31(6)7)21-17-35(45(47)63-30(4)5)27-41(54)33-13-11-32(12-14-33)26-43(56)40(29-44(52)57)53-49(58)34-15-19-37(51)20-16-34/h8-22,30-31,40H,1-3,23-29,51H2,4-7H3,(H2,52,57)(H,53,58)/t40-/m0/s1. The summed E-state index contributed by atoms with van der Waals surface area (Å²) in [6, 6.07) is 17.6. The van der Waals surface area contributed by atoms with Gasteiger partial charge in [0.15, 0.2) is 40.3 Å². The largest absolute Gasteiger partial charge is 0.487 e. The van der Waals surface area contributed by atoms with E-state index in [-0.39, 0.29) is 103 Å². The minimum absolute atomic E-state index is 0.0143. The molecule has 1 atom stereocenters. The van der Waals surface area contributed by atoms with E-state index in [1.54, 1.807) is 82.3 Å². The normalized spacial score (nSPS) is 11.2. The number of primary amides is 1. The highest BCUT2D eigenvalue weighted by molar-refractivity contribution is 6.03. The SMILES string of the molecule is C=CCOC(=O)c1ccc(CC(=O)c2ccc(CC(=O)c3ccc(CC(=O)[C@H](CC(N)=O)NC(=O)c4ccc(N)cc4)cc3)c(OC(C)C)c2OCC=C)c(OC(C)C)c1OCC=C. The van der Waals surface area contributed by atoms with Crippen LogP contribution in [0.15, 0.2) is 111 Å². The Hall–Kier alpha value is -7.48. The maximum atomic E-state index is 14.3. The lowest BCUT2D eigenvalue weighted by Gasteiger charge is -2.22. The van der Waals surface area contributed by atoms with Crippen molar-refractivity contribution in [2.24, 2.45) is 5.73 Å². The Kier molecular flexibility index (Phi) is 18.2. The van der Waals surface area contributed by atoms with Crippen LogP contribution >= 0.6 is 0 Å². The zero-order valence-electron chi connectivity index (χ0n) is 36.6. The molecule has 0 radical (unpaired) electrons. The molecule has 4 aromatic rings. The number of ether oxygens (including phenoxy) is 5. The van der Waals surface area contributed by atoms with Crippen molar-refractivity contribution in [2.45, 2.75) is 71.6 Å². The van der Waals surface area contributed by atoms with E-state index >= 15 is 0 Å². The first-order valence-electron chi connectivity index (χ1n) is 20.6. The van der Waals surface area contributed by atoms with Gasteiger partial charge in [-0.3, -0.25) is 24.0 Å². The van der Waals surface area contributed by atoms with E-state index in [4.69, 9.17) is 35.2 Å². The van der Waals surface area contributed by atoms with Crippen LogP contribution in [0.2, 0.25) is 0 Å². The number of hydrogen-bond donors (Lipinski definition) is 3. The first-order chi connectivity index (χ1) is 30.6. The molecule has 4 aromatic carbocycles. The molecule has 0 fully saturated rings. The quantitative estimate of drug-likeness (QED) is 0.0253. The molecule has 2 amide bonds. The number of esters is 1. The highest BCUT2D eigenvalue weighted by Crippen LogP contribution is 2.40. The molecule has 14 heteroatoms. The molecule has 0 aliphatic heterocycles. The number of nitrogen functional groups attached to an aromatic ring is 1. The second-order valence-corrected chi connectivity index (χ2v) is 15.1. The monoisotopic (exact) mass is 873 g/mol. The van der Waals surface area contributed by atoms with Crippen LogP contribution in [0.1, 0.15) is 92.2 Å². The van der Waals surface area contributed by atoms with E-state index in [9.17, 15) is 28.8 Å². The Labute approximate surface area is 373 Å².